The molecule has 20 heavy (non-hydrogen) atoms. The van der Waals surface area contributed by atoms with Crippen molar-refractivity contribution in [3.05, 3.63) is 46.6 Å². The lowest BCUT2D eigenvalue weighted by molar-refractivity contribution is 0.432. The molecule has 0 unspecified atom stereocenters. The lowest BCUT2D eigenvalue weighted by Gasteiger charge is -2.19. The van der Waals surface area contributed by atoms with E-state index in [0.717, 1.165) is 16.9 Å². The Balaban J connectivity index is 2.12. The number of aromatic nitrogens is 1. The van der Waals surface area contributed by atoms with Crippen molar-refractivity contribution in [1.82, 2.24) is 9.29 Å². The van der Waals surface area contributed by atoms with Gasteiger partial charge < -0.3 is 0 Å². The number of nitrogens with zero attached hydrogens (tertiary/aromatic N) is 2. The number of halogens is 1. The van der Waals surface area contributed by atoms with E-state index < -0.39 is 10.0 Å². The van der Waals surface area contributed by atoms with Crippen LogP contribution in [0, 0.1) is 0 Å². The van der Waals surface area contributed by atoms with E-state index in [4.69, 9.17) is 11.6 Å². The third kappa shape index (κ3) is 3.58. The van der Waals surface area contributed by atoms with Crippen LogP contribution in [0.5, 0.6) is 0 Å². The molecule has 4 nitrogen and oxygen atoms in total. The van der Waals surface area contributed by atoms with Gasteiger partial charge in [-0.05, 0) is 36.2 Å². The SMILES string of the molecule is CCN(CCc1ccncc1)S(=O)(=O)c1ccc(Cl)s1. The highest BCUT2D eigenvalue weighted by molar-refractivity contribution is 7.91. The van der Waals surface area contributed by atoms with E-state index in [1.165, 1.54) is 4.31 Å². The first-order chi connectivity index (χ1) is 9.54. The van der Waals surface area contributed by atoms with Crippen LogP contribution in [0.2, 0.25) is 4.34 Å². The summed E-state index contributed by atoms with van der Waals surface area (Å²) < 4.78 is 27.2. The molecule has 2 heterocycles. The van der Waals surface area contributed by atoms with Gasteiger partial charge in [0.2, 0.25) is 0 Å². The number of rotatable bonds is 6. The topological polar surface area (TPSA) is 50.3 Å². The highest BCUT2D eigenvalue weighted by Gasteiger charge is 2.24. The van der Waals surface area contributed by atoms with Crippen molar-refractivity contribution in [3.63, 3.8) is 0 Å². The zero-order chi connectivity index (χ0) is 14.6. The maximum Gasteiger partial charge on any atom is 0.252 e. The second-order valence-corrected chi connectivity index (χ2v) is 8.04. The Labute approximate surface area is 128 Å². The van der Waals surface area contributed by atoms with Gasteiger partial charge in [-0.15, -0.1) is 11.3 Å². The predicted octanol–water partition coefficient (Wildman–Crippen LogP) is 3.05. The fraction of sp³-hybridized carbons (Fsp3) is 0.308. The first-order valence-electron chi connectivity index (χ1n) is 6.18. The van der Waals surface area contributed by atoms with Gasteiger partial charge in [-0.2, -0.15) is 4.31 Å². The minimum Gasteiger partial charge on any atom is -0.265 e. The minimum atomic E-state index is -3.45. The van der Waals surface area contributed by atoms with Crippen molar-refractivity contribution < 1.29 is 8.42 Å². The summed E-state index contributed by atoms with van der Waals surface area (Å²) in [5.74, 6) is 0. The van der Waals surface area contributed by atoms with Crippen LogP contribution in [-0.2, 0) is 16.4 Å². The van der Waals surface area contributed by atoms with E-state index in [-0.39, 0.29) is 0 Å². The Bertz CT molecular complexity index is 656. The maximum absolute atomic E-state index is 12.5. The molecule has 0 bridgehead atoms. The molecule has 0 aromatic carbocycles. The van der Waals surface area contributed by atoms with Gasteiger partial charge in [-0.25, -0.2) is 8.42 Å². The average Bonchev–Trinajstić information content (AvgIpc) is 2.88. The summed E-state index contributed by atoms with van der Waals surface area (Å²) in [6.07, 6.45) is 4.08. The summed E-state index contributed by atoms with van der Waals surface area (Å²) in [6, 6.07) is 6.94. The van der Waals surface area contributed by atoms with Crippen molar-refractivity contribution in [3.8, 4) is 0 Å². The monoisotopic (exact) mass is 330 g/mol. The van der Waals surface area contributed by atoms with E-state index in [0.29, 0.717) is 28.1 Å². The van der Waals surface area contributed by atoms with Gasteiger partial charge in [0.1, 0.15) is 4.21 Å². The average molecular weight is 331 g/mol. The quantitative estimate of drug-likeness (QED) is 0.818. The molecule has 108 valence electrons. The Morgan fingerprint density at radius 2 is 1.95 bits per heavy atom. The number of thiophene rings is 1. The Morgan fingerprint density at radius 1 is 1.25 bits per heavy atom. The molecule has 0 amide bonds. The predicted molar refractivity (Wildman–Crippen MR) is 81.7 cm³/mol. The summed E-state index contributed by atoms with van der Waals surface area (Å²) in [7, 11) is -3.45. The Kier molecular flexibility index (Phi) is 5.15. The molecule has 0 N–H and O–H groups in total. The third-order valence-corrected chi connectivity index (χ3v) is 6.57. The molecule has 7 heteroatoms. The molecule has 2 rings (SSSR count). The lowest BCUT2D eigenvalue weighted by Crippen LogP contribution is -2.32. The maximum atomic E-state index is 12.5. The first-order valence-corrected chi connectivity index (χ1v) is 8.82. The molecule has 0 saturated heterocycles. The summed E-state index contributed by atoms with van der Waals surface area (Å²) in [5, 5.41) is 0. The van der Waals surface area contributed by atoms with Gasteiger partial charge >= 0.3 is 0 Å². The number of hydrogen-bond acceptors (Lipinski definition) is 4. The first kappa shape index (κ1) is 15.4. The van der Waals surface area contributed by atoms with E-state index in [9.17, 15) is 8.42 Å². The molecule has 0 saturated carbocycles. The highest BCUT2D eigenvalue weighted by Crippen LogP contribution is 2.28. The Hall–Kier alpha value is -0.950. The standard InChI is InChI=1S/C13H15ClN2O2S2/c1-2-16(10-7-11-5-8-15-9-6-11)20(17,18)13-4-3-12(14)19-13/h3-6,8-9H,2,7,10H2,1H3. The number of pyridine rings is 1. The molecule has 0 fully saturated rings. The Morgan fingerprint density at radius 3 is 2.50 bits per heavy atom. The molecule has 0 atom stereocenters. The van der Waals surface area contributed by atoms with Crippen molar-refractivity contribution in [2.45, 2.75) is 17.6 Å². The van der Waals surface area contributed by atoms with Crippen molar-refractivity contribution in [2.24, 2.45) is 0 Å². The lowest BCUT2D eigenvalue weighted by atomic mass is 10.2. The highest BCUT2D eigenvalue weighted by atomic mass is 35.5. The largest absolute Gasteiger partial charge is 0.265 e. The normalized spacial score (nSPS) is 11.9. The molecule has 2 aromatic heterocycles. The van der Waals surface area contributed by atoms with Gasteiger partial charge in [0.25, 0.3) is 10.0 Å². The summed E-state index contributed by atoms with van der Waals surface area (Å²) >= 11 is 6.90. The fourth-order valence-corrected chi connectivity index (χ4v) is 4.90. The summed E-state index contributed by atoms with van der Waals surface area (Å²) in [5.41, 5.74) is 1.07. The van der Waals surface area contributed by atoms with Crippen molar-refractivity contribution in [1.29, 1.82) is 0 Å². The van der Waals surface area contributed by atoms with Crippen LogP contribution in [0.25, 0.3) is 0 Å². The summed E-state index contributed by atoms with van der Waals surface area (Å²) in [6.45, 7) is 2.71. The molecule has 0 spiro atoms. The molecule has 0 aliphatic heterocycles. The van der Waals surface area contributed by atoms with E-state index >= 15 is 0 Å². The van der Waals surface area contributed by atoms with Crippen LogP contribution < -0.4 is 0 Å². The van der Waals surface area contributed by atoms with E-state index in [2.05, 4.69) is 4.98 Å². The van der Waals surface area contributed by atoms with Crippen LogP contribution in [0.15, 0.2) is 40.9 Å². The number of sulfonamides is 1. The van der Waals surface area contributed by atoms with Crippen LogP contribution in [0.4, 0.5) is 0 Å². The fourth-order valence-electron chi connectivity index (χ4n) is 1.82. The van der Waals surface area contributed by atoms with Gasteiger partial charge in [-0.3, -0.25) is 4.98 Å². The second-order valence-electron chi connectivity index (χ2n) is 4.16. The molecule has 0 aliphatic rings. The minimum absolute atomic E-state index is 0.291. The van der Waals surface area contributed by atoms with Crippen LogP contribution in [-0.4, -0.2) is 30.8 Å². The molecule has 0 aliphatic carbocycles. The molecular formula is C13H15ClN2O2S2. The zero-order valence-corrected chi connectivity index (χ0v) is 13.4. The van der Waals surface area contributed by atoms with Crippen LogP contribution >= 0.6 is 22.9 Å². The zero-order valence-electron chi connectivity index (χ0n) is 11.0. The molecular weight excluding hydrogens is 316 g/mol. The van der Waals surface area contributed by atoms with Gasteiger partial charge in [0.15, 0.2) is 0 Å². The summed E-state index contributed by atoms with van der Waals surface area (Å²) in [4.78, 5) is 3.95. The smallest absolute Gasteiger partial charge is 0.252 e. The van der Waals surface area contributed by atoms with Gasteiger partial charge in [-0.1, -0.05) is 18.5 Å². The number of likely N-dealkylation sites (N-methyl/N-ethyl adjacent to an activating group) is 1. The third-order valence-electron chi connectivity index (χ3n) is 2.89. The molecule has 2 aromatic rings. The van der Waals surface area contributed by atoms with Crippen molar-refractivity contribution in [2.75, 3.05) is 13.1 Å². The molecule has 0 radical (unpaired) electrons. The van der Waals surface area contributed by atoms with Crippen LogP contribution in [0.1, 0.15) is 12.5 Å². The van der Waals surface area contributed by atoms with Gasteiger partial charge in [0, 0.05) is 25.5 Å². The van der Waals surface area contributed by atoms with Gasteiger partial charge in [0.05, 0.1) is 4.34 Å². The number of hydrogen-bond donors (Lipinski definition) is 0. The second kappa shape index (κ2) is 6.67. The van der Waals surface area contributed by atoms with Crippen LogP contribution in [0.3, 0.4) is 0 Å². The van der Waals surface area contributed by atoms with E-state index in [1.54, 1.807) is 24.5 Å². The van der Waals surface area contributed by atoms with E-state index in [1.807, 2.05) is 19.1 Å². The van der Waals surface area contributed by atoms with Crippen molar-refractivity contribution >= 4 is 33.0 Å².